The van der Waals surface area contributed by atoms with Crippen LogP contribution in [0.15, 0.2) is 77.6 Å². The molecule has 6 nitrogen and oxygen atoms in total. The van der Waals surface area contributed by atoms with Gasteiger partial charge in [0.2, 0.25) is 5.91 Å². The van der Waals surface area contributed by atoms with Gasteiger partial charge in [-0.25, -0.2) is 0 Å². The lowest BCUT2D eigenvalue weighted by atomic mass is 10.1. The average Bonchev–Trinajstić information content (AvgIpc) is 2.86. The van der Waals surface area contributed by atoms with Crippen molar-refractivity contribution in [2.75, 3.05) is 17.7 Å². The summed E-state index contributed by atoms with van der Waals surface area (Å²) in [5.41, 5.74) is 4.92. The van der Waals surface area contributed by atoms with Crippen molar-refractivity contribution in [1.29, 1.82) is 0 Å². The summed E-state index contributed by atoms with van der Waals surface area (Å²) >= 11 is 0. The van der Waals surface area contributed by atoms with Crippen LogP contribution in [0.4, 0.5) is 11.4 Å². The zero-order chi connectivity index (χ0) is 24.1. The summed E-state index contributed by atoms with van der Waals surface area (Å²) in [6.45, 7) is 4.30. The number of fused-ring (bicyclic) bond motifs is 1. The molecule has 0 atom stereocenters. The van der Waals surface area contributed by atoms with Gasteiger partial charge in [0, 0.05) is 29.5 Å². The fourth-order valence-corrected chi connectivity index (χ4v) is 3.92. The molecule has 34 heavy (non-hydrogen) atoms. The number of nitrogens with zero attached hydrogens (tertiary/aromatic N) is 1. The number of carbonyl (C=O) groups excluding carboxylic acids is 1. The molecular formula is C28H29N3O3. The third-order valence-corrected chi connectivity index (χ3v) is 5.94. The molecule has 0 spiro atoms. The minimum Gasteiger partial charge on any atom is -0.497 e. The molecule has 6 heteroatoms. The largest absolute Gasteiger partial charge is 0.497 e. The Labute approximate surface area is 199 Å². The maximum Gasteiger partial charge on any atom is 0.256 e. The zero-order valence-electron chi connectivity index (χ0n) is 19.7. The van der Waals surface area contributed by atoms with E-state index in [9.17, 15) is 9.59 Å². The van der Waals surface area contributed by atoms with Gasteiger partial charge in [-0.3, -0.25) is 14.2 Å². The minimum atomic E-state index is -0.263. The predicted octanol–water partition coefficient (Wildman–Crippen LogP) is 5.13. The molecule has 2 N–H and O–H groups in total. The second-order valence-corrected chi connectivity index (χ2v) is 8.25. The van der Waals surface area contributed by atoms with E-state index in [0.29, 0.717) is 23.4 Å². The fraction of sp³-hybridized carbons (Fsp3) is 0.214. The van der Waals surface area contributed by atoms with Gasteiger partial charge >= 0.3 is 0 Å². The van der Waals surface area contributed by atoms with E-state index in [0.717, 1.165) is 28.7 Å². The van der Waals surface area contributed by atoms with Crippen LogP contribution in [0.5, 0.6) is 5.75 Å². The normalized spacial score (nSPS) is 10.8. The molecule has 0 fully saturated rings. The smallest absolute Gasteiger partial charge is 0.256 e. The van der Waals surface area contributed by atoms with Crippen molar-refractivity contribution in [3.8, 4) is 5.75 Å². The molecule has 0 saturated heterocycles. The molecule has 4 aromatic rings. The molecule has 4 rings (SSSR count). The Hall–Kier alpha value is -4.06. The number of hydrogen-bond acceptors (Lipinski definition) is 4. The first-order valence-corrected chi connectivity index (χ1v) is 11.4. The first-order valence-electron chi connectivity index (χ1n) is 11.4. The number of ether oxygens (including phenoxy) is 1. The summed E-state index contributed by atoms with van der Waals surface area (Å²) in [6, 6.07) is 23.2. The summed E-state index contributed by atoms with van der Waals surface area (Å²) in [5, 5.41) is 7.11. The number of benzene rings is 3. The number of anilines is 2. The number of aromatic nitrogens is 1. The van der Waals surface area contributed by atoms with Crippen molar-refractivity contribution in [2.24, 2.45) is 0 Å². The molecule has 1 heterocycles. The summed E-state index contributed by atoms with van der Waals surface area (Å²) in [6.07, 6.45) is 0.976. The van der Waals surface area contributed by atoms with Gasteiger partial charge in [-0.2, -0.15) is 0 Å². The van der Waals surface area contributed by atoms with Crippen LogP contribution in [0, 0.1) is 6.92 Å². The summed E-state index contributed by atoms with van der Waals surface area (Å²) in [7, 11) is 1.58. The first-order chi connectivity index (χ1) is 16.5. The Morgan fingerprint density at radius 2 is 1.76 bits per heavy atom. The monoisotopic (exact) mass is 455 g/mol. The summed E-state index contributed by atoms with van der Waals surface area (Å²) in [4.78, 5) is 26.4. The van der Waals surface area contributed by atoms with Gasteiger partial charge in [0.1, 0.15) is 12.3 Å². The molecule has 1 amide bonds. The maximum absolute atomic E-state index is 13.5. The van der Waals surface area contributed by atoms with Gasteiger partial charge in [0.05, 0.1) is 12.6 Å². The Balaban J connectivity index is 1.66. The molecule has 0 unspecified atom stereocenters. The van der Waals surface area contributed by atoms with Gasteiger partial charge in [-0.05, 0) is 66.3 Å². The van der Waals surface area contributed by atoms with E-state index in [1.54, 1.807) is 13.2 Å². The Morgan fingerprint density at radius 3 is 2.47 bits per heavy atom. The third-order valence-electron chi connectivity index (χ3n) is 5.94. The number of aryl methyl sites for hydroxylation is 2. The van der Waals surface area contributed by atoms with Crippen LogP contribution in [-0.2, 0) is 24.3 Å². The summed E-state index contributed by atoms with van der Waals surface area (Å²) in [5.74, 6) is 0.364. The highest BCUT2D eigenvalue weighted by molar-refractivity contribution is 5.92. The fourth-order valence-electron chi connectivity index (χ4n) is 3.92. The van der Waals surface area contributed by atoms with Gasteiger partial charge in [-0.15, -0.1) is 0 Å². The number of pyridine rings is 1. The topological polar surface area (TPSA) is 72.4 Å². The van der Waals surface area contributed by atoms with Crippen LogP contribution >= 0.6 is 0 Å². The number of para-hydroxylation sites is 1. The highest BCUT2D eigenvalue weighted by Crippen LogP contribution is 2.22. The Bertz CT molecular complexity index is 1370. The van der Waals surface area contributed by atoms with Crippen LogP contribution in [-0.4, -0.2) is 17.6 Å². The average molecular weight is 456 g/mol. The molecule has 0 aliphatic carbocycles. The Kier molecular flexibility index (Phi) is 6.97. The minimum absolute atomic E-state index is 0.101. The molecule has 0 radical (unpaired) electrons. The highest BCUT2D eigenvalue weighted by Gasteiger charge is 2.14. The van der Waals surface area contributed by atoms with Crippen LogP contribution in [0.2, 0.25) is 0 Å². The van der Waals surface area contributed by atoms with Gasteiger partial charge in [-0.1, -0.05) is 37.3 Å². The van der Waals surface area contributed by atoms with Crippen molar-refractivity contribution in [3.63, 3.8) is 0 Å². The molecule has 0 aliphatic heterocycles. The molecule has 174 valence electrons. The zero-order valence-corrected chi connectivity index (χ0v) is 19.7. The van der Waals surface area contributed by atoms with Crippen LogP contribution in [0.3, 0.4) is 0 Å². The lowest BCUT2D eigenvalue weighted by molar-refractivity contribution is -0.116. The van der Waals surface area contributed by atoms with E-state index in [1.165, 1.54) is 10.1 Å². The number of nitrogens with one attached hydrogen (secondary N) is 2. The summed E-state index contributed by atoms with van der Waals surface area (Å²) < 4.78 is 6.88. The van der Waals surface area contributed by atoms with Crippen molar-refractivity contribution in [1.82, 2.24) is 4.57 Å². The van der Waals surface area contributed by atoms with E-state index in [4.69, 9.17) is 4.74 Å². The number of rotatable bonds is 8. The molecule has 1 aromatic heterocycles. The van der Waals surface area contributed by atoms with Gasteiger partial charge in [0.25, 0.3) is 5.56 Å². The molecule has 0 bridgehead atoms. The van der Waals surface area contributed by atoms with Crippen LogP contribution in [0.25, 0.3) is 10.9 Å². The second-order valence-electron chi connectivity index (χ2n) is 8.25. The van der Waals surface area contributed by atoms with Crippen molar-refractivity contribution < 1.29 is 9.53 Å². The van der Waals surface area contributed by atoms with Crippen molar-refractivity contribution >= 4 is 28.2 Å². The predicted molar refractivity (Wildman–Crippen MR) is 138 cm³/mol. The molecule has 3 aromatic carbocycles. The maximum atomic E-state index is 13.5. The molecule has 0 saturated carbocycles. The molecule has 0 aliphatic rings. The lowest BCUT2D eigenvalue weighted by Gasteiger charge is -2.15. The van der Waals surface area contributed by atoms with E-state index in [-0.39, 0.29) is 18.0 Å². The Morgan fingerprint density at radius 1 is 1.00 bits per heavy atom. The quantitative estimate of drug-likeness (QED) is 0.386. The number of hydrogen-bond donors (Lipinski definition) is 2. The number of amides is 1. The number of carbonyl (C=O) groups is 1. The van der Waals surface area contributed by atoms with E-state index in [1.807, 2.05) is 61.5 Å². The first kappa shape index (κ1) is 23.1. The van der Waals surface area contributed by atoms with Crippen molar-refractivity contribution in [3.05, 3.63) is 99.8 Å². The van der Waals surface area contributed by atoms with Crippen molar-refractivity contribution in [2.45, 2.75) is 33.4 Å². The lowest BCUT2D eigenvalue weighted by Crippen LogP contribution is -2.30. The second kappa shape index (κ2) is 10.3. The van der Waals surface area contributed by atoms with Gasteiger partial charge in [0.15, 0.2) is 0 Å². The molecular weight excluding hydrogens is 426 g/mol. The van der Waals surface area contributed by atoms with E-state index in [2.05, 4.69) is 29.7 Å². The number of methoxy groups -OCH3 is 1. The van der Waals surface area contributed by atoms with Crippen LogP contribution in [0.1, 0.15) is 23.6 Å². The van der Waals surface area contributed by atoms with E-state index >= 15 is 0 Å². The third kappa shape index (κ3) is 5.12. The highest BCUT2D eigenvalue weighted by atomic mass is 16.5. The van der Waals surface area contributed by atoms with E-state index < -0.39 is 0 Å². The van der Waals surface area contributed by atoms with Gasteiger partial charge < -0.3 is 15.4 Å². The standard InChI is InChI=1S/C28H29N3O3/c1-4-20-9-12-23(13-10-20)29-17-22-15-21-11-14-24(34-3)16-26(21)31(28(22)33)18-27(32)30-25-8-6-5-7-19(25)2/h5-16,29H,4,17-18H2,1-3H3,(H,30,32). The van der Waals surface area contributed by atoms with Crippen LogP contribution < -0.4 is 20.9 Å². The SMILES string of the molecule is CCc1ccc(NCc2cc3ccc(OC)cc3n(CC(=O)Nc3ccccc3C)c2=O)cc1.